The van der Waals surface area contributed by atoms with E-state index in [-0.39, 0.29) is 23.7 Å². The van der Waals surface area contributed by atoms with Crippen LogP contribution in [0.2, 0.25) is 0 Å². The van der Waals surface area contributed by atoms with Gasteiger partial charge in [0, 0.05) is 0 Å². The van der Waals surface area contributed by atoms with Crippen LogP contribution in [-0.4, -0.2) is 22.2 Å². The smallest absolute Gasteiger partial charge is 0.306 e. The molecule has 0 aromatic rings. The van der Waals surface area contributed by atoms with E-state index in [0.717, 1.165) is 0 Å². The van der Waals surface area contributed by atoms with Gasteiger partial charge in [0.15, 0.2) is 0 Å². The Balaban J connectivity index is 2.71. The van der Waals surface area contributed by atoms with E-state index >= 15 is 0 Å². The van der Waals surface area contributed by atoms with Gasteiger partial charge in [0.25, 0.3) is 0 Å². The number of carboxylic acids is 2. The molecule has 80 valence electrons. The first-order chi connectivity index (χ1) is 6.43. The maximum atomic E-state index is 10.8. The molecule has 14 heavy (non-hydrogen) atoms. The van der Waals surface area contributed by atoms with Crippen molar-refractivity contribution in [2.45, 2.75) is 26.7 Å². The highest BCUT2D eigenvalue weighted by atomic mass is 16.4. The van der Waals surface area contributed by atoms with Crippen molar-refractivity contribution in [2.75, 3.05) is 0 Å². The summed E-state index contributed by atoms with van der Waals surface area (Å²) in [6, 6.07) is 0. The molecule has 0 radical (unpaired) electrons. The van der Waals surface area contributed by atoms with E-state index < -0.39 is 11.9 Å². The van der Waals surface area contributed by atoms with Crippen molar-refractivity contribution in [3.8, 4) is 0 Å². The average molecular weight is 200 g/mol. The molecule has 0 aromatic carbocycles. The van der Waals surface area contributed by atoms with E-state index in [1.807, 2.05) is 13.8 Å². The molecule has 4 heteroatoms. The lowest BCUT2D eigenvalue weighted by atomic mass is 9.69. The molecule has 1 fully saturated rings. The first-order valence-electron chi connectivity index (χ1n) is 4.89. The van der Waals surface area contributed by atoms with Crippen molar-refractivity contribution in [3.05, 3.63) is 0 Å². The van der Waals surface area contributed by atoms with Gasteiger partial charge in [-0.05, 0) is 24.7 Å². The second-order valence-electron chi connectivity index (χ2n) is 4.32. The standard InChI is InChI=1S/C10H16O4/c1-5-3-8(10(13)14)6(2)4-7(5)9(11)12/h5-8H,3-4H2,1-2H3,(H,11,12)(H,13,14)/t5-,6?,7-,8?/m1/s1. The van der Waals surface area contributed by atoms with Gasteiger partial charge in [-0.15, -0.1) is 0 Å². The van der Waals surface area contributed by atoms with Crippen LogP contribution >= 0.6 is 0 Å². The zero-order chi connectivity index (χ0) is 10.9. The van der Waals surface area contributed by atoms with Crippen LogP contribution in [-0.2, 0) is 9.59 Å². The average Bonchev–Trinajstić information content (AvgIpc) is 2.07. The molecule has 0 saturated heterocycles. The second-order valence-corrected chi connectivity index (χ2v) is 4.32. The number of aliphatic carboxylic acids is 2. The van der Waals surface area contributed by atoms with Crippen molar-refractivity contribution >= 4 is 11.9 Å². The summed E-state index contributed by atoms with van der Waals surface area (Å²) in [5, 5.41) is 17.8. The first-order valence-corrected chi connectivity index (χ1v) is 4.89. The van der Waals surface area contributed by atoms with E-state index in [1.54, 1.807) is 0 Å². The maximum absolute atomic E-state index is 10.8. The Morgan fingerprint density at radius 1 is 0.929 bits per heavy atom. The minimum atomic E-state index is -0.798. The van der Waals surface area contributed by atoms with Gasteiger partial charge in [-0.3, -0.25) is 9.59 Å². The fourth-order valence-corrected chi connectivity index (χ4v) is 2.28. The third kappa shape index (κ3) is 2.05. The topological polar surface area (TPSA) is 74.6 Å². The largest absolute Gasteiger partial charge is 0.481 e. The highest BCUT2D eigenvalue weighted by molar-refractivity contribution is 5.73. The van der Waals surface area contributed by atoms with Gasteiger partial charge in [0.05, 0.1) is 11.8 Å². The molecule has 4 atom stereocenters. The van der Waals surface area contributed by atoms with Crippen LogP contribution in [0.25, 0.3) is 0 Å². The zero-order valence-corrected chi connectivity index (χ0v) is 8.43. The summed E-state index contributed by atoms with van der Waals surface area (Å²) in [4.78, 5) is 21.7. The zero-order valence-electron chi connectivity index (χ0n) is 8.43. The molecule has 0 bridgehead atoms. The first kappa shape index (κ1) is 11.0. The Labute approximate surface area is 82.9 Å². The Bertz CT molecular complexity index is 223. The highest BCUT2D eigenvalue weighted by Crippen LogP contribution is 2.37. The molecule has 0 aromatic heterocycles. The number of hydrogen-bond acceptors (Lipinski definition) is 2. The van der Waals surface area contributed by atoms with Crippen LogP contribution in [0, 0.1) is 23.7 Å². The fraction of sp³-hybridized carbons (Fsp3) is 0.800. The van der Waals surface area contributed by atoms with Crippen LogP contribution < -0.4 is 0 Å². The fourth-order valence-electron chi connectivity index (χ4n) is 2.28. The summed E-state index contributed by atoms with van der Waals surface area (Å²) in [5.74, 6) is -2.42. The molecule has 0 heterocycles. The Morgan fingerprint density at radius 3 is 1.43 bits per heavy atom. The highest BCUT2D eigenvalue weighted by Gasteiger charge is 2.39. The maximum Gasteiger partial charge on any atom is 0.306 e. The molecule has 1 aliphatic carbocycles. The van der Waals surface area contributed by atoms with Gasteiger partial charge < -0.3 is 10.2 Å². The van der Waals surface area contributed by atoms with Gasteiger partial charge in [-0.1, -0.05) is 13.8 Å². The van der Waals surface area contributed by atoms with Crippen LogP contribution in [0.5, 0.6) is 0 Å². The molecular formula is C10H16O4. The Morgan fingerprint density at radius 2 is 1.21 bits per heavy atom. The van der Waals surface area contributed by atoms with Crippen molar-refractivity contribution in [2.24, 2.45) is 23.7 Å². The van der Waals surface area contributed by atoms with E-state index in [0.29, 0.717) is 12.8 Å². The monoisotopic (exact) mass is 200 g/mol. The summed E-state index contributed by atoms with van der Waals surface area (Å²) in [6.07, 6.45) is 0.959. The van der Waals surface area contributed by atoms with E-state index in [2.05, 4.69) is 0 Å². The summed E-state index contributed by atoms with van der Waals surface area (Å²) >= 11 is 0. The molecule has 2 N–H and O–H groups in total. The lowest BCUT2D eigenvalue weighted by molar-refractivity contribution is -0.153. The molecule has 1 rings (SSSR count). The third-order valence-corrected chi connectivity index (χ3v) is 3.26. The Kier molecular flexibility index (Phi) is 3.13. The van der Waals surface area contributed by atoms with Gasteiger partial charge in [-0.25, -0.2) is 0 Å². The van der Waals surface area contributed by atoms with Crippen LogP contribution in [0.15, 0.2) is 0 Å². The van der Waals surface area contributed by atoms with Gasteiger partial charge in [0.1, 0.15) is 0 Å². The van der Waals surface area contributed by atoms with Gasteiger partial charge in [-0.2, -0.15) is 0 Å². The molecule has 0 spiro atoms. The molecule has 1 aliphatic rings. The van der Waals surface area contributed by atoms with Crippen molar-refractivity contribution in [1.82, 2.24) is 0 Å². The SMILES string of the molecule is CC1C[C@@H](C(=O)O)[C@H](C)CC1C(=O)O. The predicted molar refractivity (Wildman–Crippen MR) is 49.8 cm³/mol. The van der Waals surface area contributed by atoms with Crippen molar-refractivity contribution < 1.29 is 19.8 Å². The quantitative estimate of drug-likeness (QED) is 0.707. The van der Waals surface area contributed by atoms with Gasteiger partial charge >= 0.3 is 11.9 Å². The predicted octanol–water partition coefficient (Wildman–Crippen LogP) is 1.45. The van der Waals surface area contributed by atoms with E-state index in [4.69, 9.17) is 10.2 Å². The lowest BCUT2D eigenvalue weighted by Gasteiger charge is -2.34. The minimum absolute atomic E-state index is 0.0372. The molecule has 4 nitrogen and oxygen atoms in total. The minimum Gasteiger partial charge on any atom is -0.481 e. The number of carbonyl (C=O) groups is 2. The molecule has 0 aliphatic heterocycles. The van der Waals surface area contributed by atoms with Crippen molar-refractivity contribution in [3.63, 3.8) is 0 Å². The normalized spacial score (nSPS) is 37.9. The summed E-state index contributed by atoms with van der Waals surface area (Å²) in [7, 11) is 0. The van der Waals surface area contributed by atoms with Crippen LogP contribution in [0.1, 0.15) is 26.7 Å². The van der Waals surface area contributed by atoms with Gasteiger partial charge in [0.2, 0.25) is 0 Å². The summed E-state index contributed by atoms with van der Waals surface area (Å²) in [6.45, 7) is 3.64. The van der Waals surface area contributed by atoms with Crippen LogP contribution in [0.4, 0.5) is 0 Å². The third-order valence-electron chi connectivity index (χ3n) is 3.26. The van der Waals surface area contributed by atoms with E-state index in [9.17, 15) is 9.59 Å². The van der Waals surface area contributed by atoms with Crippen LogP contribution in [0.3, 0.4) is 0 Å². The number of carboxylic acid groups (broad SMARTS) is 2. The molecule has 1 saturated carbocycles. The molecule has 0 amide bonds. The van der Waals surface area contributed by atoms with Crippen molar-refractivity contribution in [1.29, 1.82) is 0 Å². The molecule has 2 unspecified atom stereocenters. The lowest BCUT2D eigenvalue weighted by Crippen LogP contribution is -2.37. The Hall–Kier alpha value is -1.06. The number of rotatable bonds is 2. The summed E-state index contributed by atoms with van der Waals surface area (Å²) < 4.78 is 0. The molecular weight excluding hydrogens is 184 g/mol. The number of hydrogen-bond donors (Lipinski definition) is 2. The second kappa shape index (κ2) is 3.98. The van der Waals surface area contributed by atoms with E-state index in [1.165, 1.54) is 0 Å². The summed E-state index contributed by atoms with van der Waals surface area (Å²) in [5.41, 5.74) is 0.